The summed E-state index contributed by atoms with van der Waals surface area (Å²) in [6.07, 6.45) is 2.23. The first-order valence-electron chi connectivity index (χ1n) is 4.84. The minimum atomic E-state index is -1.63. The third-order valence-corrected chi connectivity index (χ3v) is 2.10. The van der Waals surface area contributed by atoms with Crippen molar-refractivity contribution in [3.63, 3.8) is 0 Å². The number of hydrogen-bond acceptors (Lipinski definition) is 5. The largest absolute Gasteiger partial charge is 0.382 e. The van der Waals surface area contributed by atoms with Crippen LogP contribution in [0.15, 0.2) is 12.2 Å². The van der Waals surface area contributed by atoms with Crippen LogP contribution in [0.5, 0.6) is 0 Å². The van der Waals surface area contributed by atoms with Gasteiger partial charge in [-0.05, 0) is 6.92 Å². The highest BCUT2D eigenvalue weighted by atomic mass is 16.5. The van der Waals surface area contributed by atoms with Crippen LogP contribution in [0, 0.1) is 0 Å². The van der Waals surface area contributed by atoms with Crippen molar-refractivity contribution < 1.29 is 24.2 Å². The summed E-state index contributed by atoms with van der Waals surface area (Å²) in [6, 6.07) is 0. The van der Waals surface area contributed by atoms with Crippen LogP contribution in [0.3, 0.4) is 0 Å². The van der Waals surface area contributed by atoms with E-state index in [0.717, 1.165) is 17.1 Å². The van der Waals surface area contributed by atoms with Gasteiger partial charge >= 0.3 is 0 Å². The maximum Gasteiger partial charge on any atom is 0.256 e. The number of amides is 2. The Bertz CT molecular complexity index is 292. The quantitative estimate of drug-likeness (QED) is 0.480. The van der Waals surface area contributed by atoms with Gasteiger partial charge in [0.1, 0.15) is 0 Å². The number of imide groups is 1. The first-order chi connectivity index (χ1) is 7.49. The molecule has 0 aliphatic carbocycles. The third kappa shape index (κ3) is 2.88. The SMILES string of the molecule is COCCOCC(C)(O)N1C(=O)C=CC1=O. The molecule has 1 heterocycles. The van der Waals surface area contributed by atoms with Gasteiger partial charge in [0.2, 0.25) is 0 Å². The minimum Gasteiger partial charge on any atom is -0.382 e. The third-order valence-electron chi connectivity index (χ3n) is 2.10. The molecule has 6 heteroatoms. The molecule has 2 amide bonds. The molecule has 1 N–H and O–H groups in total. The molecule has 0 aromatic rings. The molecule has 0 saturated carbocycles. The number of hydrogen-bond donors (Lipinski definition) is 1. The van der Waals surface area contributed by atoms with Crippen molar-refractivity contribution in [3.8, 4) is 0 Å². The zero-order valence-electron chi connectivity index (χ0n) is 9.30. The van der Waals surface area contributed by atoms with E-state index in [1.165, 1.54) is 14.0 Å². The van der Waals surface area contributed by atoms with Gasteiger partial charge < -0.3 is 14.6 Å². The highest BCUT2D eigenvalue weighted by Crippen LogP contribution is 2.17. The molecular weight excluding hydrogens is 214 g/mol. The Kier molecular flexibility index (Phi) is 4.17. The van der Waals surface area contributed by atoms with E-state index >= 15 is 0 Å². The zero-order valence-corrected chi connectivity index (χ0v) is 9.30. The van der Waals surface area contributed by atoms with Gasteiger partial charge in [-0.2, -0.15) is 0 Å². The summed E-state index contributed by atoms with van der Waals surface area (Å²) in [4.78, 5) is 23.4. The predicted octanol–water partition coefficient (Wildman–Crippen LogP) is -0.717. The van der Waals surface area contributed by atoms with Gasteiger partial charge in [0.25, 0.3) is 11.8 Å². The van der Waals surface area contributed by atoms with Gasteiger partial charge in [-0.15, -0.1) is 0 Å². The summed E-state index contributed by atoms with van der Waals surface area (Å²) in [6.45, 7) is 1.88. The summed E-state index contributed by atoms with van der Waals surface area (Å²) in [5.41, 5.74) is -1.63. The Morgan fingerprint density at radius 1 is 1.31 bits per heavy atom. The van der Waals surface area contributed by atoms with E-state index in [0.29, 0.717) is 6.61 Å². The maximum atomic E-state index is 11.3. The second-order valence-corrected chi connectivity index (χ2v) is 3.61. The zero-order chi connectivity index (χ0) is 12.2. The molecule has 0 radical (unpaired) electrons. The standard InChI is InChI=1S/C10H15NO5/c1-10(14,7-16-6-5-15-2)11-8(12)3-4-9(11)13/h3-4,14H,5-7H2,1-2H3. The predicted molar refractivity (Wildman–Crippen MR) is 54.3 cm³/mol. The minimum absolute atomic E-state index is 0.143. The Morgan fingerprint density at radius 3 is 2.38 bits per heavy atom. The summed E-state index contributed by atoms with van der Waals surface area (Å²) in [5, 5.41) is 9.93. The Hall–Kier alpha value is -1.24. The van der Waals surface area contributed by atoms with E-state index in [4.69, 9.17) is 9.47 Å². The topological polar surface area (TPSA) is 76.1 Å². The van der Waals surface area contributed by atoms with Gasteiger partial charge in [0.05, 0.1) is 19.8 Å². The number of ether oxygens (including phenoxy) is 2. The lowest BCUT2D eigenvalue weighted by Gasteiger charge is -2.31. The van der Waals surface area contributed by atoms with Crippen LogP contribution in [0.25, 0.3) is 0 Å². The molecule has 0 aromatic carbocycles. The number of methoxy groups -OCH3 is 1. The monoisotopic (exact) mass is 229 g/mol. The number of carbonyl (C=O) groups is 2. The number of carbonyl (C=O) groups excluding carboxylic acids is 2. The fourth-order valence-electron chi connectivity index (χ4n) is 1.35. The number of rotatable bonds is 6. The normalized spacial score (nSPS) is 19.3. The van der Waals surface area contributed by atoms with Gasteiger partial charge in [-0.25, -0.2) is 4.90 Å². The van der Waals surface area contributed by atoms with E-state index in [1.54, 1.807) is 0 Å². The van der Waals surface area contributed by atoms with Gasteiger partial charge in [-0.3, -0.25) is 9.59 Å². The van der Waals surface area contributed by atoms with Crippen LogP contribution >= 0.6 is 0 Å². The van der Waals surface area contributed by atoms with E-state index in [9.17, 15) is 14.7 Å². The molecule has 1 aliphatic heterocycles. The van der Waals surface area contributed by atoms with Crippen molar-refractivity contribution in [2.45, 2.75) is 12.6 Å². The summed E-state index contributed by atoms with van der Waals surface area (Å²) >= 11 is 0. The fraction of sp³-hybridized carbons (Fsp3) is 0.600. The summed E-state index contributed by atoms with van der Waals surface area (Å²) in [5.74, 6) is -1.07. The van der Waals surface area contributed by atoms with Gasteiger partial charge in [0, 0.05) is 19.3 Å². The molecule has 0 bridgehead atoms. The van der Waals surface area contributed by atoms with Crippen molar-refractivity contribution in [3.05, 3.63) is 12.2 Å². The second kappa shape index (κ2) is 5.20. The highest BCUT2D eigenvalue weighted by molar-refractivity contribution is 6.13. The maximum absolute atomic E-state index is 11.3. The van der Waals surface area contributed by atoms with Crippen molar-refractivity contribution in [2.75, 3.05) is 26.9 Å². The first-order valence-corrected chi connectivity index (χ1v) is 4.84. The van der Waals surface area contributed by atoms with Crippen molar-refractivity contribution >= 4 is 11.8 Å². The molecule has 6 nitrogen and oxygen atoms in total. The van der Waals surface area contributed by atoms with E-state index < -0.39 is 17.5 Å². The molecule has 0 fully saturated rings. The Labute approximate surface area is 93.4 Å². The molecule has 16 heavy (non-hydrogen) atoms. The molecular formula is C10H15NO5. The van der Waals surface area contributed by atoms with Crippen LogP contribution < -0.4 is 0 Å². The van der Waals surface area contributed by atoms with E-state index in [1.807, 2.05) is 0 Å². The first kappa shape index (κ1) is 12.8. The lowest BCUT2D eigenvalue weighted by atomic mass is 10.2. The number of aliphatic hydroxyl groups is 1. The van der Waals surface area contributed by atoms with Crippen molar-refractivity contribution in [2.24, 2.45) is 0 Å². The van der Waals surface area contributed by atoms with Gasteiger partial charge in [0.15, 0.2) is 5.72 Å². The molecule has 0 spiro atoms. The molecule has 1 aliphatic rings. The van der Waals surface area contributed by atoms with Crippen LogP contribution in [0.2, 0.25) is 0 Å². The van der Waals surface area contributed by atoms with Crippen molar-refractivity contribution in [1.29, 1.82) is 0 Å². The molecule has 1 unspecified atom stereocenters. The van der Waals surface area contributed by atoms with Crippen LogP contribution in [-0.2, 0) is 19.1 Å². The molecule has 1 rings (SSSR count). The lowest BCUT2D eigenvalue weighted by molar-refractivity contribution is -0.172. The average molecular weight is 229 g/mol. The number of nitrogens with zero attached hydrogens (tertiary/aromatic N) is 1. The molecule has 0 aromatic heterocycles. The Balaban J connectivity index is 2.50. The van der Waals surface area contributed by atoms with Crippen LogP contribution in [0.4, 0.5) is 0 Å². The van der Waals surface area contributed by atoms with Crippen LogP contribution in [0.1, 0.15) is 6.92 Å². The van der Waals surface area contributed by atoms with E-state index in [2.05, 4.69) is 0 Å². The van der Waals surface area contributed by atoms with E-state index in [-0.39, 0.29) is 13.2 Å². The fourth-order valence-corrected chi connectivity index (χ4v) is 1.35. The van der Waals surface area contributed by atoms with Crippen molar-refractivity contribution in [1.82, 2.24) is 4.90 Å². The average Bonchev–Trinajstić information content (AvgIpc) is 2.54. The summed E-state index contributed by atoms with van der Waals surface area (Å²) in [7, 11) is 1.53. The Morgan fingerprint density at radius 2 is 1.88 bits per heavy atom. The summed E-state index contributed by atoms with van der Waals surface area (Å²) < 4.78 is 9.86. The second-order valence-electron chi connectivity index (χ2n) is 3.61. The molecule has 0 saturated heterocycles. The highest BCUT2D eigenvalue weighted by Gasteiger charge is 2.39. The van der Waals surface area contributed by atoms with Crippen LogP contribution in [-0.4, -0.2) is 54.5 Å². The molecule has 1 atom stereocenters. The smallest absolute Gasteiger partial charge is 0.256 e. The lowest BCUT2D eigenvalue weighted by Crippen LogP contribution is -2.53. The van der Waals surface area contributed by atoms with Gasteiger partial charge in [-0.1, -0.05) is 0 Å². The molecule has 90 valence electrons.